The number of aromatic nitrogens is 2. The summed E-state index contributed by atoms with van der Waals surface area (Å²) in [4.78, 5) is 3.99. The van der Waals surface area contributed by atoms with Gasteiger partial charge < -0.3 is 9.84 Å². The van der Waals surface area contributed by atoms with Gasteiger partial charge in [0, 0.05) is 6.04 Å². The van der Waals surface area contributed by atoms with Crippen molar-refractivity contribution in [3.05, 3.63) is 12.2 Å². The van der Waals surface area contributed by atoms with E-state index in [2.05, 4.69) is 33.8 Å². The van der Waals surface area contributed by atoms with Crippen molar-refractivity contribution in [2.45, 2.75) is 52.1 Å². The molecule has 4 nitrogen and oxygen atoms in total. The van der Waals surface area contributed by atoms with Crippen LogP contribution in [0, 0.1) is 5.41 Å². The molecule has 0 atom stereocenters. The highest BCUT2D eigenvalue weighted by molar-refractivity contribution is 4.84. The number of hydrogen-bond donors (Lipinski definition) is 1. The Hall–Kier alpha value is -0.900. The summed E-state index contributed by atoms with van der Waals surface area (Å²) < 4.78 is 4.69. The lowest BCUT2D eigenvalue weighted by atomic mass is 9.75. The van der Waals surface area contributed by atoms with Crippen molar-refractivity contribution in [2.24, 2.45) is 5.41 Å². The fourth-order valence-corrected chi connectivity index (χ4v) is 2.11. The van der Waals surface area contributed by atoms with Crippen LogP contribution in [0.2, 0.25) is 0 Å². The second-order valence-electron chi connectivity index (χ2n) is 5.17. The molecule has 0 unspecified atom stereocenters. The Morgan fingerprint density at radius 2 is 2.20 bits per heavy atom. The molecule has 1 aliphatic rings. The molecule has 1 fully saturated rings. The Morgan fingerprint density at radius 3 is 2.80 bits per heavy atom. The normalized spacial score (nSPS) is 21.7. The first-order valence-electron chi connectivity index (χ1n) is 5.64. The lowest BCUT2D eigenvalue weighted by molar-refractivity contribution is 0.205. The summed E-state index contributed by atoms with van der Waals surface area (Å²) in [6.07, 6.45) is 6.49. The number of hydrogen-bond acceptors (Lipinski definition) is 4. The van der Waals surface area contributed by atoms with Crippen LogP contribution in [0.3, 0.4) is 0 Å². The minimum absolute atomic E-state index is 0.532. The Balaban J connectivity index is 1.73. The molecule has 0 bridgehead atoms. The molecule has 0 spiro atoms. The molecule has 1 aliphatic carbocycles. The van der Waals surface area contributed by atoms with E-state index in [0.717, 1.165) is 12.4 Å². The molecule has 1 heterocycles. The maximum absolute atomic E-state index is 4.69. The van der Waals surface area contributed by atoms with E-state index in [1.54, 1.807) is 0 Å². The third kappa shape index (κ3) is 3.02. The predicted octanol–water partition coefficient (Wildman–Crippen LogP) is 2.13. The molecule has 1 aromatic rings. The van der Waals surface area contributed by atoms with E-state index in [4.69, 9.17) is 0 Å². The molecule has 0 aliphatic heterocycles. The summed E-state index contributed by atoms with van der Waals surface area (Å²) in [6, 6.07) is 0.622. The average Bonchev–Trinajstić information content (AvgIpc) is 2.69. The fourth-order valence-electron chi connectivity index (χ4n) is 2.11. The Bertz CT molecular complexity index is 285. The average molecular weight is 209 g/mol. The maximum atomic E-state index is 4.69. The highest BCUT2D eigenvalue weighted by Gasteiger charge is 2.26. The number of rotatable bonds is 3. The van der Waals surface area contributed by atoms with E-state index in [-0.39, 0.29) is 0 Å². The smallest absolute Gasteiger partial charge is 0.213 e. The molecule has 2 rings (SSSR count). The van der Waals surface area contributed by atoms with Crippen molar-refractivity contribution in [3.8, 4) is 0 Å². The Morgan fingerprint density at radius 1 is 1.47 bits per heavy atom. The van der Waals surface area contributed by atoms with Crippen LogP contribution in [0.5, 0.6) is 0 Å². The first-order chi connectivity index (χ1) is 7.16. The third-order valence-electron chi connectivity index (χ3n) is 3.29. The second kappa shape index (κ2) is 4.31. The number of nitrogens with zero attached hydrogens (tertiary/aromatic N) is 2. The summed E-state index contributed by atoms with van der Waals surface area (Å²) in [6.45, 7) is 5.42. The first kappa shape index (κ1) is 10.6. The van der Waals surface area contributed by atoms with Crippen LogP contribution in [0.1, 0.15) is 45.4 Å². The molecule has 1 saturated carbocycles. The van der Waals surface area contributed by atoms with Crippen molar-refractivity contribution >= 4 is 0 Å². The minimum Gasteiger partial charge on any atom is -0.343 e. The minimum atomic E-state index is 0.532. The van der Waals surface area contributed by atoms with Gasteiger partial charge in [-0.2, -0.15) is 4.98 Å². The molecule has 15 heavy (non-hydrogen) atoms. The molecular formula is C11H19N3O. The molecule has 84 valence electrons. The van der Waals surface area contributed by atoms with Gasteiger partial charge in [-0.05, 0) is 31.1 Å². The SMILES string of the molecule is CC1(C)CCC(NCc2ncon2)CC1. The summed E-state index contributed by atoms with van der Waals surface area (Å²) >= 11 is 0. The molecule has 0 saturated heterocycles. The lowest BCUT2D eigenvalue weighted by Crippen LogP contribution is -2.35. The standard InChI is InChI=1S/C11H19N3O/c1-11(2)5-3-9(4-6-11)12-7-10-13-8-15-14-10/h8-9,12H,3-7H2,1-2H3. The van der Waals surface area contributed by atoms with Gasteiger partial charge in [0.25, 0.3) is 0 Å². The maximum Gasteiger partial charge on any atom is 0.213 e. The van der Waals surface area contributed by atoms with Crippen LogP contribution in [-0.4, -0.2) is 16.2 Å². The quantitative estimate of drug-likeness (QED) is 0.828. The fraction of sp³-hybridized carbons (Fsp3) is 0.818. The number of nitrogens with one attached hydrogen (secondary N) is 1. The molecular weight excluding hydrogens is 190 g/mol. The molecule has 0 amide bonds. The van der Waals surface area contributed by atoms with E-state index in [1.807, 2.05) is 0 Å². The van der Waals surface area contributed by atoms with Crippen LogP contribution < -0.4 is 5.32 Å². The monoisotopic (exact) mass is 209 g/mol. The summed E-state index contributed by atoms with van der Waals surface area (Å²) in [5, 5.41) is 7.26. The molecule has 0 radical (unpaired) electrons. The molecule has 1 aromatic heterocycles. The van der Waals surface area contributed by atoms with Gasteiger partial charge in [0.05, 0.1) is 6.54 Å². The van der Waals surface area contributed by atoms with Crippen LogP contribution in [0.25, 0.3) is 0 Å². The van der Waals surface area contributed by atoms with Crippen molar-refractivity contribution in [2.75, 3.05) is 0 Å². The summed E-state index contributed by atoms with van der Waals surface area (Å²) in [5.74, 6) is 0.750. The van der Waals surface area contributed by atoms with E-state index in [9.17, 15) is 0 Å². The lowest BCUT2D eigenvalue weighted by Gasteiger charge is -2.34. The van der Waals surface area contributed by atoms with Crippen molar-refractivity contribution in [1.82, 2.24) is 15.5 Å². The van der Waals surface area contributed by atoms with E-state index < -0.39 is 0 Å². The largest absolute Gasteiger partial charge is 0.343 e. The molecule has 1 N–H and O–H groups in total. The van der Waals surface area contributed by atoms with Crippen LogP contribution in [0.15, 0.2) is 10.9 Å². The zero-order valence-electron chi connectivity index (χ0n) is 9.49. The van der Waals surface area contributed by atoms with Crippen molar-refractivity contribution < 1.29 is 4.52 Å². The van der Waals surface area contributed by atoms with Gasteiger partial charge in [-0.3, -0.25) is 0 Å². The van der Waals surface area contributed by atoms with Gasteiger partial charge in [-0.1, -0.05) is 19.0 Å². The van der Waals surface area contributed by atoms with E-state index in [1.165, 1.54) is 32.1 Å². The molecule has 0 aromatic carbocycles. The van der Waals surface area contributed by atoms with E-state index >= 15 is 0 Å². The highest BCUT2D eigenvalue weighted by Crippen LogP contribution is 2.34. The first-order valence-corrected chi connectivity index (χ1v) is 5.64. The van der Waals surface area contributed by atoms with Gasteiger partial charge in [0.2, 0.25) is 6.39 Å². The van der Waals surface area contributed by atoms with Crippen LogP contribution in [0.4, 0.5) is 0 Å². The van der Waals surface area contributed by atoms with E-state index in [0.29, 0.717) is 11.5 Å². The van der Waals surface area contributed by atoms with Gasteiger partial charge in [0.15, 0.2) is 5.82 Å². The van der Waals surface area contributed by atoms with Crippen molar-refractivity contribution in [3.63, 3.8) is 0 Å². The predicted molar refractivity (Wildman–Crippen MR) is 57.2 cm³/mol. The Kier molecular flexibility index (Phi) is 3.05. The second-order valence-corrected chi connectivity index (χ2v) is 5.17. The van der Waals surface area contributed by atoms with Crippen molar-refractivity contribution in [1.29, 1.82) is 0 Å². The topological polar surface area (TPSA) is 51.0 Å². The molecule has 4 heteroatoms. The van der Waals surface area contributed by atoms with Gasteiger partial charge in [-0.25, -0.2) is 0 Å². The Labute approximate surface area is 90.4 Å². The summed E-state index contributed by atoms with van der Waals surface area (Å²) in [7, 11) is 0. The zero-order valence-corrected chi connectivity index (χ0v) is 9.49. The highest BCUT2D eigenvalue weighted by atomic mass is 16.5. The van der Waals surface area contributed by atoms with Gasteiger partial charge in [0.1, 0.15) is 0 Å². The van der Waals surface area contributed by atoms with Crippen LogP contribution >= 0.6 is 0 Å². The zero-order chi connectivity index (χ0) is 10.7. The van der Waals surface area contributed by atoms with Gasteiger partial charge in [-0.15, -0.1) is 0 Å². The third-order valence-corrected chi connectivity index (χ3v) is 3.29. The van der Waals surface area contributed by atoms with Gasteiger partial charge >= 0.3 is 0 Å². The van der Waals surface area contributed by atoms with Crippen LogP contribution in [-0.2, 0) is 6.54 Å². The summed E-state index contributed by atoms with van der Waals surface area (Å²) in [5.41, 5.74) is 0.532.